The lowest BCUT2D eigenvalue weighted by Crippen LogP contribution is -2.49. The van der Waals surface area contributed by atoms with Gasteiger partial charge in [0.2, 0.25) is 0 Å². The van der Waals surface area contributed by atoms with Crippen molar-refractivity contribution in [2.24, 2.45) is 0 Å². The van der Waals surface area contributed by atoms with Crippen LogP contribution in [-0.2, 0) is 11.3 Å². The van der Waals surface area contributed by atoms with Crippen molar-refractivity contribution in [1.82, 2.24) is 9.88 Å². The summed E-state index contributed by atoms with van der Waals surface area (Å²) in [6.45, 7) is 2.85. The fourth-order valence-electron chi connectivity index (χ4n) is 3.49. The van der Waals surface area contributed by atoms with Crippen molar-refractivity contribution in [1.29, 1.82) is 0 Å². The van der Waals surface area contributed by atoms with Gasteiger partial charge in [-0.25, -0.2) is 4.79 Å². The van der Waals surface area contributed by atoms with Crippen LogP contribution in [0.3, 0.4) is 0 Å². The molecule has 0 atom stereocenters. The van der Waals surface area contributed by atoms with Gasteiger partial charge < -0.3 is 19.5 Å². The Hall–Kier alpha value is -3.28. The first-order chi connectivity index (χ1) is 13.3. The fourth-order valence-corrected chi connectivity index (χ4v) is 3.49. The second-order valence-corrected chi connectivity index (χ2v) is 6.58. The first-order valence-corrected chi connectivity index (χ1v) is 9.02. The average molecular weight is 363 g/mol. The van der Waals surface area contributed by atoms with Gasteiger partial charge in [0.1, 0.15) is 6.61 Å². The van der Waals surface area contributed by atoms with Crippen LogP contribution in [0, 0.1) is 0 Å². The number of hydrogen-bond donors (Lipinski definition) is 1. The molecule has 1 aromatic heterocycles. The van der Waals surface area contributed by atoms with Gasteiger partial charge in [0.15, 0.2) is 6.29 Å². The van der Waals surface area contributed by atoms with E-state index in [9.17, 15) is 9.59 Å². The lowest BCUT2D eigenvalue weighted by atomic mass is 10.1. The van der Waals surface area contributed by atoms with Gasteiger partial charge in [-0.3, -0.25) is 4.79 Å². The number of nitrogens with zero attached hydrogens (tertiary/aromatic N) is 2. The lowest BCUT2D eigenvalue weighted by Gasteiger charge is -2.35. The summed E-state index contributed by atoms with van der Waals surface area (Å²) in [6, 6.07) is 15.6. The zero-order valence-corrected chi connectivity index (χ0v) is 14.9. The first-order valence-electron chi connectivity index (χ1n) is 9.02. The number of carbonyl (C=O) groups excluding carboxylic acids is 2. The third-order valence-electron chi connectivity index (χ3n) is 4.92. The maximum Gasteiger partial charge on any atom is 0.410 e. The molecule has 0 saturated carbocycles. The SMILES string of the molecule is O=Cc1c[nH]c2cccc(N3CCN(C(=O)OCc4ccccc4)CC3)c12. The predicted octanol–water partition coefficient (Wildman–Crippen LogP) is 3.44. The highest BCUT2D eigenvalue weighted by molar-refractivity contribution is 6.04. The molecule has 4 rings (SSSR count). The van der Waals surface area contributed by atoms with E-state index in [1.165, 1.54) is 0 Å². The summed E-state index contributed by atoms with van der Waals surface area (Å²) in [5.41, 5.74) is 3.60. The van der Waals surface area contributed by atoms with Crippen LogP contribution in [0.2, 0.25) is 0 Å². The van der Waals surface area contributed by atoms with Crippen molar-refractivity contribution >= 4 is 29.0 Å². The van der Waals surface area contributed by atoms with Gasteiger partial charge in [-0.05, 0) is 17.7 Å². The molecule has 1 aliphatic rings. The zero-order chi connectivity index (χ0) is 18.6. The van der Waals surface area contributed by atoms with Crippen LogP contribution in [0.4, 0.5) is 10.5 Å². The molecule has 1 saturated heterocycles. The summed E-state index contributed by atoms with van der Waals surface area (Å²) in [5, 5.41) is 0.938. The smallest absolute Gasteiger partial charge is 0.410 e. The minimum absolute atomic E-state index is 0.283. The summed E-state index contributed by atoms with van der Waals surface area (Å²) >= 11 is 0. The van der Waals surface area contributed by atoms with Crippen LogP contribution in [0.5, 0.6) is 0 Å². The molecule has 0 radical (unpaired) electrons. The molecule has 1 amide bonds. The molecular weight excluding hydrogens is 342 g/mol. The van der Waals surface area contributed by atoms with Crippen molar-refractivity contribution in [2.75, 3.05) is 31.1 Å². The van der Waals surface area contributed by atoms with E-state index in [-0.39, 0.29) is 12.7 Å². The Kier molecular flexibility index (Phi) is 4.78. The van der Waals surface area contributed by atoms with Crippen molar-refractivity contribution in [3.05, 3.63) is 65.9 Å². The first kappa shape index (κ1) is 17.1. The van der Waals surface area contributed by atoms with Gasteiger partial charge in [-0.2, -0.15) is 0 Å². The molecule has 0 spiro atoms. The number of H-pyrrole nitrogens is 1. The van der Waals surface area contributed by atoms with E-state index < -0.39 is 0 Å². The Balaban J connectivity index is 1.40. The summed E-state index contributed by atoms with van der Waals surface area (Å²) in [7, 11) is 0. The van der Waals surface area contributed by atoms with Gasteiger partial charge in [0.05, 0.1) is 0 Å². The van der Waals surface area contributed by atoms with Crippen molar-refractivity contribution in [2.45, 2.75) is 6.61 Å². The monoisotopic (exact) mass is 363 g/mol. The van der Waals surface area contributed by atoms with Gasteiger partial charge in [0, 0.05) is 54.5 Å². The molecule has 2 heterocycles. The average Bonchev–Trinajstić information content (AvgIpc) is 3.16. The van der Waals surface area contributed by atoms with Crippen molar-refractivity contribution in [3.63, 3.8) is 0 Å². The van der Waals surface area contributed by atoms with E-state index in [4.69, 9.17) is 4.74 Å². The molecule has 1 aliphatic heterocycles. The van der Waals surface area contributed by atoms with Crippen LogP contribution in [0.25, 0.3) is 10.9 Å². The van der Waals surface area contributed by atoms with Crippen LogP contribution < -0.4 is 4.90 Å². The highest BCUT2D eigenvalue weighted by atomic mass is 16.6. The number of hydrogen-bond acceptors (Lipinski definition) is 4. The van der Waals surface area contributed by atoms with Gasteiger partial charge in [0.25, 0.3) is 0 Å². The van der Waals surface area contributed by atoms with Crippen LogP contribution in [0.1, 0.15) is 15.9 Å². The molecule has 1 fully saturated rings. The Morgan fingerprint density at radius 3 is 2.56 bits per heavy atom. The second-order valence-electron chi connectivity index (χ2n) is 6.58. The number of aldehydes is 1. The van der Waals surface area contributed by atoms with E-state index in [1.807, 2.05) is 48.5 Å². The van der Waals surface area contributed by atoms with Crippen molar-refractivity contribution < 1.29 is 14.3 Å². The summed E-state index contributed by atoms with van der Waals surface area (Å²) in [5.74, 6) is 0. The quantitative estimate of drug-likeness (QED) is 0.721. The molecule has 6 heteroatoms. The molecule has 3 aromatic rings. The molecule has 0 aliphatic carbocycles. The van der Waals surface area contributed by atoms with Crippen LogP contribution >= 0.6 is 0 Å². The topological polar surface area (TPSA) is 65.6 Å². The Morgan fingerprint density at radius 2 is 1.81 bits per heavy atom. The minimum atomic E-state index is -0.285. The highest BCUT2D eigenvalue weighted by Crippen LogP contribution is 2.29. The normalized spacial score (nSPS) is 14.4. The number of anilines is 1. The van der Waals surface area contributed by atoms with Gasteiger partial charge >= 0.3 is 6.09 Å². The number of carbonyl (C=O) groups is 2. The number of amides is 1. The lowest BCUT2D eigenvalue weighted by molar-refractivity contribution is 0.0942. The largest absolute Gasteiger partial charge is 0.445 e. The van der Waals surface area contributed by atoms with Crippen molar-refractivity contribution in [3.8, 4) is 0 Å². The van der Waals surface area contributed by atoms with Crippen LogP contribution in [0.15, 0.2) is 54.7 Å². The number of benzene rings is 2. The van der Waals surface area contributed by atoms with Crippen LogP contribution in [-0.4, -0.2) is 48.4 Å². The fraction of sp³-hybridized carbons (Fsp3) is 0.238. The number of aromatic nitrogens is 1. The van der Waals surface area contributed by atoms with Gasteiger partial charge in [-0.15, -0.1) is 0 Å². The summed E-state index contributed by atoms with van der Waals surface area (Å²) in [4.78, 5) is 30.7. The minimum Gasteiger partial charge on any atom is -0.445 e. The molecule has 1 N–H and O–H groups in total. The second kappa shape index (κ2) is 7.53. The van der Waals surface area contributed by atoms with E-state index in [0.29, 0.717) is 31.7 Å². The molecule has 6 nitrogen and oxygen atoms in total. The summed E-state index contributed by atoms with van der Waals surface area (Å²) in [6.07, 6.45) is 2.32. The number of fused-ring (bicyclic) bond motifs is 1. The predicted molar refractivity (Wildman–Crippen MR) is 104 cm³/mol. The maximum absolute atomic E-state index is 12.3. The molecular formula is C21H21N3O3. The number of rotatable bonds is 4. The third kappa shape index (κ3) is 3.51. The molecule has 2 aromatic carbocycles. The summed E-state index contributed by atoms with van der Waals surface area (Å²) < 4.78 is 5.42. The van der Waals surface area contributed by atoms with E-state index >= 15 is 0 Å². The zero-order valence-electron chi connectivity index (χ0n) is 14.9. The van der Waals surface area contributed by atoms with E-state index in [1.54, 1.807) is 11.1 Å². The third-order valence-corrected chi connectivity index (χ3v) is 4.92. The number of aromatic amines is 1. The number of piperazine rings is 1. The van der Waals surface area contributed by atoms with E-state index in [0.717, 1.165) is 28.4 Å². The Bertz CT molecular complexity index is 944. The van der Waals surface area contributed by atoms with E-state index in [2.05, 4.69) is 9.88 Å². The number of nitrogens with one attached hydrogen (secondary N) is 1. The highest BCUT2D eigenvalue weighted by Gasteiger charge is 2.24. The standard InChI is InChI=1S/C21H21N3O3/c25-14-17-13-22-18-7-4-8-19(20(17)18)23-9-11-24(12-10-23)21(26)27-15-16-5-2-1-3-6-16/h1-8,13-14,22H,9-12,15H2. The Labute approximate surface area is 157 Å². The Morgan fingerprint density at radius 1 is 1.04 bits per heavy atom. The molecule has 0 unspecified atom stereocenters. The molecule has 0 bridgehead atoms. The molecule has 138 valence electrons. The van der Waals surface area contributed by atoms with Gasteiger partial charge in [-0.1, -0.05) is 36.4 Å². The number of ether oxygens (including phenoxy) is 1. The maximum atomic E-state index is 12.3. The molecule has 27 heavy (non-hydrogen) atoms.